The molecule has 0 atom stereocenters. The first-order valence-corrected chi connectivity index (χ1v) is 10.4. The first-order chi connectivity index (χ1) is 13.4. The van der Waals surface area contributed by atoms with Crippen molar-refractivity contribution in [1.29, 1.82) is 0 Å². The molecular weight excluding hydrogens is 396 g/mol. The third kappa shape index (κ3) is 4.52. The third-order valence-corrected chi connectivity index (χ3v) is 6.21. The van der Waals surface area contributed by atoms with Crippen LogP contribution in [-0.4, -0.2) is 20.9 Å². The molecule has 5 nitrogen and oxygen atoms in total. The molecule has 3 aromatic rings. The molecule has 0 aromatic heterocycles. The maximum absolute atomic E-state index is 13.2. The summed E-state index contributed by atoms with van der Waals surface area (Å²) in [7, 11) is -3.92. The second-order valence-corrected chi connectivity index (χ2v) is 8.46. The fraction of sp³-hybridized carbons (Fsp3) is 0.0952. The highest BCUT2D eigenvalue weighted by atomic mass is 35.5. The van der Waals surface area contributed by atoms with Gasteiger partial charge in [-0.15, -0.1) is 0 Å². The molecule has 0 aliphatic rings. The molecule has 0 saturated carbocycles. The first kappa shape index (κ1) is 19.9. The van der Waals surface area contributed by atoms with Gasteiger partial charge in [-0.05, 0) is 43.3 Å². The summed E-state index contributed by atoms with van der Waals surface area (Å²) in [5.41, 5.74) is 1.82. The number of nitrogens with one attached hydrogen (secondary N) is 1. The lowest BCUT2D eigenvalue weighted by Gasteiger charge is -2.24. The van der Waals surface area contributed by atoms with E-state index in [9.17, 15) is 13.2 Å². The normalized spacial score (nSPS) is 11.1. The molecule has 1 N–H and O–H groups in total. The summed E-state index contributed by atoms with van der Waals surface area (Å²) >= 11 is 6.08. The molecule has 3 aromatic carbocycles. The number of sulfonamides is 1. The summed E-state index contributed by atoms with van der Waals surface area (Å²) in [6.45, 7) is 1.52. The average molecular weight is 415 g/mol. The summed E-state index contributed by atoms with van der Waals surface area (Å²) < 4.78 is 27.5. The fourth-order valence-corrected chi connectivity index (χ4v) is 4.25. The Hall–Kier alpha value is -2.83. The Morgan fingerprint density at radius 1 is 0.929 bits per heavy atom. The number of halogens is 1. The lowest BCUT2D eigenvalue weighted by atomic mass is 10.2. The van der Waals surface area contributed by atoms with Crippen molar-refractivity contribution in [2.75, 3.05) is 16.2 Å². The number of amides is 1. The van der Waals surface area contributed by atoms with E-state index in [2.05, 4.69) is 5.32 Å². The van der Waals surface area contributed by atoms with Crippen LogP contribution < -0.4 is 9.62 Å². The predicted molar refractivity (Wildman–Crippen MR) is 112 cm³/mol. The number of hydrogen-bond donors (Lipinski definition) is 1. The zero-order chi connectivity index (χ0) is 20.1. The monoisotopic (exact) mass is 414 g/mol. The van der Waals surface area contributed by atoms with Crippen LogP contribution in [0.2, 0.25) is 5.02 Å². The molecule has 0 saturated heterocycles. The first-order valence-electron chi connectivity index (χ1n) is 8.57. The third-order valence-electron chi connectivity index (χ3n) is 4.09. The summed E-state index contributed by atoms with van der Waals surface area (Å²) in [6.07, 6.45) is 0. The highest BCUT2D eigenvalue weighted by Gasteiger charge is 2.27. The van der Waals surface area contributed by atoms with Crippen molar-refractivity contribution >= 4 is 38.9 Å². The van der Waals surface area contributed by atoms with E-state index in [1.807, 2.05) is 6.92 Å². The number of rotatable bonds is 6. The molecule has 7 heteroatoms. The molecule has 144 valence electrons. The molecule has 0 fully saturated rings. The van der Waals surface area contributed by atoms with Crippen LogP contribution in [-0.2, 0) is 14.8 Å². The van der Waals surface area contributed by atoms with Gasteiger partial charge < -0.3 is 5.32 Å². The van der Waals surface area contributed by atoms with E-state index in [0.29, 0.717) is 16.4 Å². The predicted octanol–water partition coefficient (Wildman–Crippen LogP) is 4.48. The van der Waals surface area contributed by atoms with Crippen molar-refractivity contribution < 1.29 is 13.2 Å². The zero-order valence-corrected chi connectivity index (χ0v) is 16.7. The van der Waals surface area contributed by atoms with Gasteiger partial charge in [0.2, 0.25) is 5.91 Å². The Bertz CT molecular complexity index is 1070. The Kier molecular flexibility index (Phi) is 6.02. The van der Waals surface area contributed by atoms with Crippen LogP contribution in [0.15, 0.2) is 83.8 Å². The maximum Gasteiger partial charge on any atom is 0.264 e. The summed E-state index contributed by atoms with van der Waals surface area (Å²) in [5.74, 6) is -0.492. The minimum absolute atomic E-state index is 0.112. The van der Waals surface area contributed by atoms with E-state index in [4.69, 9.17) is 11.6 Å². The van der Waals surface area contributed by atoms with E-state index in [1.165, 1.54) is 12.1 Å². The largest absolute Gasteiger partial charge is 0.323 e. The molecule has 3 rings (SSSR count). The van der Waals surface area contributed by atoms with Crippen LogP contribution in [0.5, 0.6) is 0 Å². The van der Waals surface area contributed by atoms with Crippen LogP contribution in [0.25, 0.3) is 0 Å². The maximum atomic E-state index is 13.2. The molecule has 0 spiro atoms. The minimum atomic E-state index is -3.92. The molecule has 0 aliphatic carbocycles. The van der Waals surface area contributed by atoms with E-state index >= 15 is 0 Å². The second-order valence-electron chi connectivity index (χ2n) is 6.19. The number of carbonyl (C=O) groups excluding carboxylic acids is 1. The number of benzene rings is 3. The topological polar surface area (TPSA) is 66.5 Å². The fourth-order valence-electron chi connectivity index (χ4n) is 2.63. The van der Waals surface area contributed by atoms with Gasteiger partial charge in [-0.25, -0.2) is 8.42 Å². The summed E-state index contributed by atoms with van der Waals surface area (Å²) in [6, 6.07) is 21.8. The highest BCUT2D eigenvalue weighted by molar-refractivity contribution is 7.92. The van der Waals surface area contributed by atoms with Crippen molar-refractivity contribution in [1.82, 2.24) is 0 Å². The SMILES string of the molecule is Cc1ccc(N(CC(=O)Nc2ccccc2Cl)S(=O)(=O)c2ccccc2)cc1. The van der Waals surface area contributed by atoms with E-state index in [-0.39, 0.29) is 11.4 Å². The summed E-state index contributed by atoms with van der Waals surface area (Å²) in [5, 5.41) is 3.05. The van der Waals surface area contributed by atoms with Gasteiger partial charge in [0.25, 0.3) is 10.0 Å². The molecule has 0 unspecified atom stereocenters. The van der Waals surface area contributed by atoms with E-state index < -0.39 is 15.9 Å². The lowest BCUT2D eigenvalue weighted by Crippen LogP contribution is -2.38. The van der Waals surface area contributed by atoms with Gasteiger partial charge in [0.05, 0.1) is 21.3 Å². The highest BCUT2D eigenvalue weighted by Crippen LogP contribution is 2.25. The smallest absolute Gasteiger partial charge is 0.264 e. The Balaban J connectivity index is 1.94. The number of nitrogens with zero attached hydrogens (tertiary/aromatic N) is 1. The van der Waals surface area contributed by atoms with Crippen LogP contribution in [0.1, 0.15) is 5.56 Å². The molecule has 0 heterocycles. The minimum Gasteiger partial charge on any atom is -0.323 e. The number of hydrogen-bond acceptors (Lipinski definition) is 3. The molecular formula is C21H19ClN2O3S. The van der Waals surface area contributed by atoms with Crippen molar-refractivity contribution in [3.05, 3.63) is 89.4 Å². The quantitative estimate of drug-likeness (QED) is 0.646. The van der Waals surface area contributed by atoms with E-state index in [0.717, 1.165) is 9.87 Å². The van der Waals surface area contributed by atoms with Gasteiger partial charge in [0, 0.05) is 0 Å². The number of anilines is 2. The summed E-state index contributed by atoms with van der Waals surface area (Å²) in [4.78, 5) is 12.7. The van der Waals surface area contributed by atoms with Crippen LogP contribution >= 0.6 is 11.6 Å². The van der Waals surface area contributed by atoms with E-state index in [1.54, 1.807) is 66.7 Å². The lowest BCUT2D eigenvalue weighted by molar-refractivity contribution is -0.114. The zero-order valence-electron chi connectivity index (χ0n) is 15.2. The Morgan fingerprint density at radius 3 is 2.18 bits per heavy atom. The van der Waals surface area contributed by atoms with Crippen molar-refractivity contribution in [3.8, 4) is 0 Å². The number of carbonyl (C=O) groups is 1. The molecule has 0 radical (unpaired) electrons. The Labute approximate surface area is 169 Å². The average Bonchev–Trinajstić information content (AvgIpc) is 2.69. The Morgan fingerprint density at radius 2 is 1.54 bits per heavy atom. The van der Waals surface area contributed by atoms with Gasteiger partial charge in [-0.2, -0.15) is 0 Å². The molecule has 0 bridgehead atoms. The van der Waals surface area contributed by atoms with Crippen LogP contribution in [0, 0.1) is 6.92 Å². The standard InChI is InChI=1S/C21H19ClN2O3S/c1-16-11-13-17(14-12-16)24(28(26,27)18-7-3-2-4-8-18)15-21(25)23-20-10-6-5-9-19(20)22/h2-14H,15H2,1H3,(H,23,25). The number of aryl methyl sites for hydroxylation is 1. The van der Waals surface area contributed by atoms with Crippen molar-refractivity contribution in [2.24, 2.45) is 0 Å². The number of para-hydroxylation sites is 1. The molecule has 1 amide bonds. The van der Waals surface area contributed by atoms with Gasteiger partial charge in [0.15, 0.2) is 0 Å². The van der Waals surface area contributed by atoms with Crippen LogP contribution in [0.4, 0.5) is 11.4 Å². The van der Waals surface area contributed by atoms with Gasteiger partial charge >= 0.3 is 0 Å². The van der Waals surface area contributed by atoms with Crippen molar-refractivity contribution in [2.45, 2.75) is 11.8 Å². The molecule has 28 heavy (non-hydrogen) atoms. The van der Waals surface area contributed by atoms with Gasteiger partial charge in [0.1, 0.15) is 6.54 Å². The van der Waals surface area contributed by atoms with Crippen LogP contribution in [0.3, 0.4) is 0 Å². The van der Waals surface area contributed by atoms with Crippen molar-refractivity contribution in [3.63, 3.8) is 0 Å². The second kappa shape index (κ2) is 8.46. The molecule has 0 aliphatic heterocycles. The van der Waals surface area contributed by atoms with Gasteiger partial charge in [-0.3, -0.25) is 9.10 Å². The van der Waals surface area contributed by atoms with Gasteiger partial charge in [-0.1, -0.05) is 59.6 Å².